The van der Waals surface area contributed by atoms with Crippen LogP contribution in [0.5, 0.6) is 0 Å². The van der Waals surface area contributed by atoms with Gasteiger partial charge in [-0.05, 0) is 65.4 Å². The Balaban J connectivity index is 1.40. The smallest absolute Gasteiger partial charge is 0.258 e. The first-order valence-corrected chi connectivity index (χ1v) is 16.7. The van der Waals surface area contributed by atoms with Crippen molar-refractivity contribution in [2.75, 3.05) is 12.4 Å². The summed E-state index contributed by atoms with van der Waals surface area (Å²) in [4.78, 5) is 14.4. The van der Waals surface area contributed by atoms with Gasteiger partial charge in [-0.15, -0.1) is 0 Å². The molecule has 248 valence electrons. The molecule has 5 aromatic rings. The summed E-state index contributed by atoms with van der Waals surface area (Å²) in [6.07, 6.45) is 1.53. The lowest BCUT2D eigenvalue weighted by molar-refractivity contribution is -0.214. The Bertz CT molecular complexity index is 1770. The van der Waals surface area contributed by atoms with Gasteiger partial charge < -0.3 is 24.1 Å². The zero-order valence-corrected chi connectivity index (χ0v) is 27.8. The van der Waals surface area contributed by atoms with Crippen molar-refractivity contribution in [2.45, 2.75) is 70.7 Å². The molecule has 0 aliphatic carbocycles. The molecule has 1 unspecified atom stereocenters. The maximum absolute atomic E-state index is 14.4. The molecule has 0 spiro atoms. The van der Waals surface area contributed by atoms with Crippen molar-refractivity contribution in [1.29, 1.82) is 0 Å². The minimum atomic E-state index is -0.373. The van der Waals surface area contributed by atoms with E-state index >= 15 is 0 Å². The van der Waals surface area contributed by atoms with Crippen LogP contribution >= 0.6 is 0 Å². The zero-order chi connectivity index (χ0) is 33.5. The van der Waals surface area contributed by atoms with Gasteiger partial charge in [0.1, 0.15) is 5.82 Å². The van der Waals surface area contributed by atoms with Crippen LogP contribution in [-0.2, 0) is 27.4 Å². The summed E-state index contributed by atoms with van der Waals surface area (Å²) in [7, 11) is 1.67. The first kappa shape index (κ1) is 33.3. The summed E-state index contributed by atoms with van der Waals surface area (Å²) >= 11 is 0. The van der Waals surface area contributed by atoms with Crippen LogP contribution in [-0.4, -0.2) is 36.1 Å². The third-order valence-electron chi connectivity index (χ3n) is 8.88. The number of para-hydroxylation sites is 1. The fourth-order valence-electron chi connectivity index (χ4n) is 6.67. The van der Waals surface area contributed by atoms with Gasteiger partial charge in [-0.2, -0.15) is 0 Å². The monoisotopic (exact) mass is 646 g/mol. The van der Waals surface area contributed by atoms with Crippen LogP contribution in [0.25, 0.3) is 22.4 Å². The van der Waals surface area contributed by atoms with E-state index in [1.807, 2.05) is 78.9 Å². The molecule has 6 rings (SSSR count). The van der Waals surface area contributed by atoms with E-state index in [2.05, 4.69) is 35.9 Å². The van der Waals surface area contributed by atoms with Gasteiger partial charge in [-0.25, -0.2) is 4.39 Å². The highest BCUT2D eigenvalue weighted by atomic mass is 19.1. The third kappa shape index (κ3) is 7.76. The molecular formula is C41H43FN2O4. The number of ether oxygens (including phenoxy) is 3. The summed E-state index contributed by atoms with van der Waals surface area (Å²) < 4.78 is 35.0. The van der Waals surface area contributed by atoms with E-state index in [1.54, 1.807) is 19.2 Å². The molecule has 1 aliphatic heterocycles. The Kier molecular flexibility index (Phi) is 10.8. The van der Waals surface area contributed by atoms with E-state index in [9.17, 15) is 9.18 Å². The molecule has 7 heteroatoms. The molecule has 1 N–H and O–H groups in total. The van der Waals surface area contributed by atoms with Crippen LogP contribution in [0.15, 0.2) is 115 Å². The molecule has 1 amide bonds. The quantitative estimate of drug-likeness (QED) is 0.147. The SMILES string of the molecule is COC1C[C@H](OCc2ccccc2)C[C@@H](CCn2c(-c3ccc(F)cc3)c(-c3ccccc3)c(C(=O)Nc3ccccc3)c2C(C)C)O1. The molecule has 0 saturated carbocycles. The Morgan fingerprint density at radius 3 is 2.17 bits per heavy atom. The van der Waals surface area contributed by atoms with E-state index in [0.717, 1.165) is 45.7 Å². The van der Waals surface area contributed by atoms with E-state index < -0.39 is 0 Å². The number of hydrogen-bond donors (Lipinski definition) is 1. The number of rotatable bonds is 12. The zero-order valence-electron chi connectivity index (χ0n) is 27.8. The number of carbonyl (C=O) groups excluding carboxylic acids is 1. The predicted octanol–water partition coefficient (Wildman–Crippen LogP) is 9.46. The number of methoxy groups -OCH3 is 1. The van der Waals surface area contributed by atoms with Crippen LogP contribution in [0, 0.1) is 5.82 Å². The van der Waals surface area contributed by atoms with Crippen LogP contribution < -0.4 is 5.32 Å². The Labute approximate surface area is 282 Å². The minimum Gasteiger partial charge on any atom is -0.373 e. The molecule has 4 aromatic carbocycles. The highest BCUT2D eigenvalue weighted by Crippen LogP contribution is 2.43. The fourth-order valence-corrected chi connectivity index (χ4v) is 6.67. The van der Waals surface area contributed by atoms with E-state index in [1.165, 1.54) is 12.1 Å². The first-order valence-electron chi connectivity index (χ1n) is 16.7. The van der Waals surface area contributed by atoms with Crippen molar-refractivity contribution in [3.8, 4) is 22.4 Å². The van der Waals surface area contributed by atoms with Gasteiger partial charge in [0.2, 0.25) is 0 Å². The maximum Gasteiger partial charge on any atom is 0.258 e. The average molecular weight is 647 g/mol. The molecule has 1 aromatic heterocycles. The third-order valence-corrected chi connectivity index (χ3v) is 8.88. The Morgan fingerprint density at radius 1 is 0.875 bits per heavy atom. The van der Waals surface area contributed by atoms with Crippen molar-refractivity contribution in [3.63, 3.8) is 0 Å². The standard InChI is InChI=1S/C41H43FN2O4/c1-28(2)39-38(41(45)43-33-17-11-6-12-18-33)37(30-15-9-5-10-16-30)40(31-19-21-32(42)22-20-31)44(39)24-23-34-25-35(26-36(46-3)48-34)47-27-29-13-7-4-8-14-29/h4-22,28,34-36H,23-27H2,1-3H3,(H,43,45)/t34-,35-,36?/m1/s1. The topological polar surface area (TPSA) is 61.7 Å². The maximum atomic E-state index is 14.4. The van der Waals surface area contributed by atoms with Gasteiger partial charge in [-0.3, -0.25) is 4.79 Å². The lowest BCUT2D eigenvalue weighted by Crippen LogP contribution is -2.38. The summed E-state index contributed by atoms with van der Waals surface area (Å²) in [5.41, 5.74) is 6.82. The number of aromatic nitrogens is 1. The van der Waals surface area contributed by atoms with Gasteiger partial charge in [0, 0.05) is 43.4 Å². The van der Waals surface area contributed by atoms with Crippen LogP contribution in [0.3, 0.4) is 0 Å². The molecule has 48 heavy (non-hydrogen) atoms. The number of benzene rings is 4. The number of nitrogens with zero attached hydrogens (tertiary/aromatic N) is 1. The summed E-state index contributed by atoms with van der Waals surface area (Å²) in [5.74, 6) is -0.500. The molecule has 1 saturated heterocycles. The van der Waals surface area contributed by atoms with Crippen LogP contribution in [0.1, 0.15) is 60.6 Å². The summed E-state index contributed by atoms with van der Waals surface area (Å²) in [6.45, 7) is 5.32. The first-order chi connectivity index (χ1) is 23.4. The molecular weight excluding hydrogens is 603 g/mol. The highest BCUT2D eigenvalue weighted by Gasteiger charge is 2.33. The molecule has 1 fully saturated rings. The predicted molar refractivity (Wildman–Crippen MR) is 188 cm³/mol. The second-order valence-corrected chi connectivity index (χ2v) is 12.6. The number of carbonyl (C=O) groups is 1. The minimum absolute atomic E-state index is 0.000800. The number of amides is 1. The second kappa shape index (κ2) is 15.6. The fraction of sp³-hybridized carbons (Fsp3) is 0.293. The van der Waals surface area contributed by atoms with E-state index in [0.29, 0.717) is 31.6 Å². The van der Waals surface area contributed by atoms with Crippen molar-refractivity contribution in [2.24, 2.45) is 0 Å². The Hall–Kier alpha value is -4.56. The summed E-state index contributed by atoms with van der Waals surface area (Å²) in [5, 5.41) is 3.15. The number of halogens is 1. The largest absolute Gasteiger partial charge is 0.373 e. The van der Waals surface area contributed by atoms with Crippen molar-refractivity contribution < 1.29 is 23.4 Å². The molecule has 0 bridgehead atoms. The van der Waals surface area contributed by atoms with Crippen LogP contribution in [0.2, 0.25) is 0 Å². The van der Waals surface area contributed by atoms with Crippen molar-refractivity contribution >= 4 is 11.6 Å². The summed E-state index contributed by atoms with van der Waals surface area (Å²) in [6, 6.07) is 36.2. The van der Waals surface area contributed by atoms with E-state index in [4.69, 9.17) is 14.2 Å². The molecule has 1 aliphatic rings. The number of anilines is 1. The molecule has 2 heterocycles. The van der Waals surface area contributed by atoms with Crippen molar-refractivity contribution in [1.82, 2.24) is 4.57 Å². The lowest BCUT2D eigenvalue weighted by atomic mass is 9.94. The van der Waals surface area contributed by atoms with Crippen LogP contribution in [0.4, 0.5) is 10.1 Å². The Morgan fingerprint density at radius 2 is 1.52 bits per heavy atom. The van der Waals surface area contributed by atoms with Gasteiger partial charge >= 0.3 is 0 Å². The van der Waals surface area contributed by atoms with Gasteiger partial charge in [0.25, 0.3) is 5.91 Å². The number of nitrogens with one attached hydrogen (secondary N) is 1. The highest BCUT2D eigenvalue weighted by molar-refractivity contribution is 6.12. The second-order valence-electron chi connectivity index (χ2n) is 12.6. The van der Waals surface area contributed by atoms with Gasteiger partial charge in [-0.1, -0.05) is 92.7 Å². The normalized spacial score (nSPS) is 17.8. The van der Waals surface area contributed by atoms with Crippen molar-refractivity contribution in [3.05, 3.63) is 138 Å². The number of hydrogen-bond acceptors (Lipinski definition) is 4. The van der Waals surface area contributed by atoms with Gasteiger partial charge in [0.15, 0.2) is 6.29 Å². The van der Waals surface area contributed by atoms with E-state index in [-0.39, 0.29) is 36.1 Å². The van der Waals surface area contributed by atoms with Gasteiger partial charge in [0.05, 0.1) is 30.1 Å². The average Bonchev–Trinajstić information content (AvgIpc) is 3.47. The molecule has 0 radical (unpaired) electrons. The lowest BCUT2D eigenvalue weighted by Gasteiger charge is -2.35. The molecule has 3 atom stereocenters. The molecule has 6 nitrogen and oxygen atoms in total.